The zero-order valence-electron chi connectivity index (χ0n) is 12.8. The predicted molar refractivity (Wildman–Crippen MR) is 84.4 cm³/mol. The van der Waals surface area contributed by atoms with E-state index in [1.165, 1.54) is 0 Å². The molecule has 1 unspecified atom stereocenters. The number of methoxy groups -OCH3 is 1. The van der Waals surface area contributed by atoms with Crippen LogP contribution in [-0.2, 0) is 11.4 Å². The fourth-order valence-corrected chi connectivity index (χ4v) is 2.16. The maximum Gasteiger partial charge on any atom is 0.303 e. The summed E-state index contributed by atoms with van der Waals surface area (Å²) < 4.78 is 10.8. The summed E-state index contributed by atoms with van der Waals surface area (Å²) in [7, 11) is 1.64. The van der Waals surface area contributed by atoms with Crippen molar-refractivity contribution in [3.63, 3.8) is 0 Å². The third-order valence-corrected chi connectivity index (χ3v) is 3.49. The van der Waals surface area contributed by atoms with Gasteiger partial charge in [-0.25, -0.2) is 0 Å². The molecule has 0 spiro atoms. The Balaban J connectivity index is 1.91. The van der Waals surface area contributed by atoms with E-state index >= 15 is 0 Å². The number of carboxylic acids is 1. The van der Waals surface area contributed by atoms with Crippen LogP contribution in [0.2, 0.25) is 0 Å². The summed E-state index contributed by atoms with van der Waals surface area (Å²) in [4.78, 5) is 10.7. The Morgan fingerprint density at radius 1 is 1.05 bits per heavy atom. The van der Waals surface area contributed by atoms with E-state index in [4.69, 9.17) is 14.6 Å². The van der Waals surface area contributed by atoms with E-state index in [1.54, 1.807) is 7.11 Å². The van der Waals surface area contributed by atoms with Gasteiger partial charge >= 0.3 is 5.97 Å². The van der Waals surface area contributed by atoms with Gasteiger partial charge in [0.1, 0.15) is 18.1 Å². The molecule has 0 aromatic heterocycles. The average Bonchev–Trinajstić information content (AvgIpc) is 2.53. The Hall–Kier alpha value is -2.49. The van der Waals surface area contributed by atoms with Crippen LogP contribution in [0.4, 0.5) is 0 Å². The minimum absolute atomic E-state index is 0.00635. The topological polar surface area (TPSA) is 55.8 Å². The molecule has 0 saturated heterocycles. The predicted octanol–water partition coefficient (Wildman–Crippen LogP) is 3.85. The molecule has 2 aromatic carbocycles. The number of hydrogen-bond donors (Lipinski definition) is 1. The Morgan fingerprint density at radius 3 is 2.18 bits per heavy atom. The van der Waals surface area contributed by atoms with Crippen molar-refractivity contribution in [3.8, 4) is 11.5 Å². The van der Waals surface area contributed by atoms with Gasteiger partial charge in [0.25, 0.3) is 0 Å². The molecular formula is C18H20O4. The number of carbonyl (C=O) groups is 1. The van der Waals surface area contributed by atoms with Crippen molar-refractivity contribution in [2.75, 3.05) is 7.11 Å². The maximum atomic E-state index is 10.7. The highest BCUT2D eigenvalue weighted by Gasteiger charge is 2.10. The van der Waals surface area contributed by atoms with Crippen molar-refractivity contribution in [2.45, 2.75) is 25.9 Å². The molecule has 0 amide bonds. The van der Waals surface area contributed by atoms with Gasteiger partial charge in [-0.1, -0.05) is 31.2 Å². The highest BCUT2D eigenvalue weighted by molar-refractivity contribution is 5.67. The molecule has 0 fully saturated rings. The van der Waals surface area contributed by atoms with Crippen molar-refractivity contribution < 1.29 is 19.4 Å². The molecule has 1 N–H and O–H groups in total. The first-order chi connectivity index (χ1) is 10.6. The summed E-state index contributed by atoms with van der Waals surface area (Å²) in [6, 6.07) is 15.3. The van der Waals surface area contributed by atoms with Gasteiger partial charge in [-0.2, -0.15) is 0 Å². The van der Waals surface area contributed by atoms with Gasteiger partial charge in [0.15, 0.2) is 0 Å². The standard InChI is InChI=1S/C18H20O4/c1-13(11-18(19)20)15-5-9-17(10-6-15)22-12-14-3-7-16(21-2)8-4-14/h3-10,13H,11-12H2,1-2H3,(H,19,20). The zero-order valence-corrected chi connectivity index (χ0v) is 12.8. The lowest BCUT2D eigenvalue weighted by atomic mass is 9.98. The summed E-state index contributed by atoms with van der Waals surface area (Å²) in [5.74, 6) is 0.795. The molecule has 1 atom stereocenters. The van der Waals surface area contributed by atoms with Gasteiger partial charge in [0.2, 0.25) is 0 Å². The maximum absolute atomic E-state index is 10.7. The van der Waals surface area contributed by atoms with Crippen LogP contribution in [0.1, 0.15) is 30.4 Å². The second kappa shape index (κ2) is 7.50. The summed E-state index contributed by atoms with van der Waals surface area (Å²) >= 11 is 0. The lowest BCUT2D eigenvalue weighted by Crippen LogP contribution is -2.03. The van der Waals surface area contributed by atoms with Crippen molar-refractivity contribution in [3.05, 3.63) is 59.7 Å². The molecule has 0 aliphatic heterocycles. The number of carboxylic acid groups (broad SMARTS) is 1. The van der Waals surface area contributed by atoms with E-state index in [2.05, 4.69) is 0 Å². The molecule has 22 heavy (non-hydrogen) atoms. The van der Waals surface area contributed by atoms with Crippen molar-refractivity contribution in [2.24, 2.45) is 0 Å². The molecule has 4 heteroatoms. The Kier molecular flexibility index (Phi) is 5.42. The van der Waals surface area contributed by atoms with E-state index in [9.17, 15) is 4.79 Å². The molecule has 2 aromatic rings. The van der Waals surface area contributed by atoms with Crippen LogP contribution in [0.5, 0.6) is 11.5 Å². The Morgan fingerprint density at radius 2 is 1.64 bits per heavy atom. The van der Waals surface area contributed by atoms with Crippen LogP contribution in [0.3, 0.4) is 0 Å². The van der Waals surface area contributed by atoms with Gasteiger partial charge < -0.3 is 14.6 Å². The van der Waals surface area contributed by atoms with E-state index < -0.39 is 5.97 Å². The molecular weight excluding hydrogens is 280 g/mol. The average molecular weight is 300 g/mol. The third kappa shape index (κ3) is 4.52. The quantitative estimate of drug-likeness (QED) is 0.843. The molecule has 0 aliphatic rings. The lowest BCUT2D eigenvalue weighted by Gasteiger charge is -2.11. The molecule has 0 bridgehead atoms. The fraction of sp³-hybridized carbons (Fsp3) is 0.278. The van der Waals surface area contributed by atoms with Gasteiger partial charge in [0.05, 0.1) is 13.5 Å². The van der Waals surface area contributed by atoms with Crippen LogP contribution in [-0.4, -0.2) is 18.2 Å². The van der Waals surface area contributed by atoms with Crippen LogP contribution in [0.25, 0.3) is 0 Å². The van der Waals surface area contributed by atoms with Crippen LogP contribution < -0.4 is 9.47 Å². The zero-order chi connectivity index (χ0) is 15.9. The lowest BCUT2D eigenvalue weighted by molar-refractivity contribution is -0.137. The molecule has 0 radical (unpaired) electrons. The first kappa shape index (κ1) is 15.9. The van der Waals surface area contributed by atoms with Gasteiger partial charge in [0, 0.05) is 0 Å². The Bertz CT molecular complexity index is 602. The molecule has 0 saturated carbocycles. The second-order valence-corrected chi connectivity index (χ2v) is 5.20. The van der Waals surface area contributed by atoms with E-state index in [1.807, 2.05) is 55.5 Å². The summed E-state index contributed by atoms with van der Waals surface area (Å²) in [5, 5.41) is 8.81. The largest absolute Gasteiger partial charge is 0.497 e. The van der Waals surface area contributed by atoms with Crippen LogP contribution >= 0.6 is 0 Å². The van der Waals surface area contributed by atoms with Crippen molar-refractivity contribution >= 4 is 5.97 Å². The third-order valence-electron chi connectivity index (χ3n) is 3.49. The highest BCUT2D eigenvalue weighted by atomic mass is 16.5. The molecule has 2 rings (SSSR count). The molecule has 116 valence electrons. The smallest absolute Gasteiger partial charge is 0.303 e. The minimum atomic E-state index is -0.785. The van der Waals surface area contributed by atoms with Gasteiger partial charge in [-0.3, -0.25) is 4.79 Å². The first-order valence-corrected chi connectivity index (χ1v) is 7.16. The van der Waals surface area contributed by atoms with E-state index in [0.29, 0.717) is 6.61 Å². The Labute approximate surface area is 130 Å². The SMILES string of the molecule is COc1ccc(COc2ccc(C(C)CC(=O)O)cc2)cc1. The number of ether oxygens (including phenoxy) is 2. The van der Waals surface area contributed by atoms with Crippen LogP contribution in [0, 0.1) is 0 Å². The van der Waals surface area contributed by atoms with Crippen molar-refractivity contribution in [1.82, 2.24) is 0 Å². The highest BCUT2D eigenvalue weighted by Crippen LogP contribution is 2.22. The van der Waals surface area contributed by atoms with Gasteiger partial charge in [-0.15, -0.1) is 0 Å². The van der Waals surface area contributed by atoms with Crippen LogP contribution in [0.15, 0.2) is 48.5 Å². The first-order valence-electron chi connectivity index (χ1n) is 7.16. The number of hydrogen-bond acceptors (Lipinski definition) is 3. The summed E-state index contributed by atoms with van der Waals surface area (Å²) in [5.41, 5.74) is 2.06. The summed E-state index contributed by atoms with van der Waals surface area (Å²) in [6.45, 7) is 2.38. The molecule has 0 heterocycles. The van der Waals surface area contributed by atoms with E-state index in [0.717, 1.165) is 22.6 Å². The monoisotopic (exact) mass is 300 g/mol. The summed E-state index contributed by atoms with van der Waals surface area (Å²) in [6.07, 6.45) is 0.131. The number of benzene rings is 2. The minimum Gasteiger partial charge on any atom is -0.497 e. The van der Waals surface area contributed by atoms with E-state index in [-0.39, 0.29) is 12.3 Å². The fourth-order valence-electron chi connectivity index (χ4n) is 2.16. The second-order valence-electron chi connectivity index (χ2n) is 5.20. The van der Waals surface area contributed by atoms with Crippen molar-refractivity contribution in [1.29, 1.82) is 0 Å². The number of aliphatic carboxylic acids is 1. The molecule has 4 nitrogen and oxygen atoms in total. The normalized spacial score (nSPS) is 11.7. The molecule has 0 aliphatic carbocycles. The van der Waals surface area contributed by atoms with Gasteiger partial charge in [-0.05, 0) is 41.3 Å². The number of rotatable bonds is 7.